The highest BCUT2D eigenvalue weighted by molar-refractivity contribution is 6.30. The van der Waals surface area contributed by atoms with Crippen LogP contribution in [0.3, 0.4) is 0 Å². The molecular formula is C11H8ClNO4. The van der Waals surface area contributed by atoms with Crippen molar-refractivity contribution >= 4 is 17.6 Å². The van der Waals surface area contributed by atoms with E-state index < -0.39 is 5.97 Å². The van der Waals surface area contributed by atoms with Crippen molar-refractivity contribution in [3.05, 3.63) is 47.1 Å². The van der Waals surface area contributed by atoms with Gasteiger partial charge in [-0.05, 0) is 24.3 Å². The molecule has 2 aromatic rings. The lowest BCUT2D eigenvalue weighted by atomic mass is 10.3. The van der Waals surface area contributed by atoms with Gasteiger partial charge in [0.15, 0.2) is 6.61 Å². The summed E-state index contributed by atoms with van der Waals surface area (Å²) in [5, 5.41) is 9.24. The Balaban J connectivity index is 1.97. The molecule has 1 aromatic heterocycles. The summed E-state index contributed by atoms with van der Waals surface area (Å²) in [7, 11) is 0. The number of carbonyl (C=O) groups is 1. The first-order chi connectivity index (χ1) is 8.15. The molecule has 17 heavy (non-hydrogen) atoms. The number of oxazole rings is 1. The van der Waals surface area contributed by atoms with Crippen LogP contribution in [0.5, 0.6) is 5.75 Å². The topological polar surface area (TPSA) is 72.6 Å². The number of rotatable bonds is 4. The van der Waals surface area contributed by atoms with E-state index in [4.69, 9.17) is 25.9 Å². The summed E-state index contributed by atoms with van der Waals surface area (Å²) in [5.74, 6) is -0.559. The van der Waals surface area contributed by atoms with Gasteiger partial charge in [0.25, 0.3) is 0 Å². The Morgan fingerprint density at radius 1 is 1.41 bits per heavy atom. The number of carboxylic acid groups (broad SMARTS) is 1. The third-order valence-electron chi connectivity index (χ3n) is 1.94. The van der Waals surface area contributed by atoms with Gasteiger partial charge in [0.1, 0.15) is 5.75 Å². The summed E-state index contributed by atoms with van der Waals surface area (Å²) in [4.78, 5) is 14.3. The second kappa shape index (κ2) is 4.88. The molecular weight excluding hydrogens is 246 g/mol. The molecule has 0 amide bonds. The van der Waals surface area contributed by atoms with Gasteiger partial charge in [0.2, 0.25) is 11.7 Å². The molecule has 1 N–H and O–H groups in total. The van der Waals surface area contributed by atoms with Crippen LogP contribution in [0.2, 0.25) is 5.02 Å². The zero-order valence-corrected chi connectivity index (χ0v) is 9.35. The average Bonchev–Trinajstić information content (AvgIpc) is 2.77. The van der Waals surface area contributed by atoms with Gasteiger partial charge >= 0.3 is 5.97 Å². The zero-order chi connectivity index (χ0) is 12.3. The molecule has 1 heterocycles. The molecule has 0 aliphatic rings. The number of nitrogens with zero attached hydrogens (tertiary/aromatic N) is 1. The second-order valence-corrected chi connectivity index (χ2v) is 3.60. The van der Waals surface area contributed by atoms with Gasteiger partial charge in [-0.1, -0.05) is 11.6 Å². The van der Waals surface area contributed by atoms with Crippen molar-refractivity contribution in [2.75, 3.05) is 0 Å². The Kier molecular flexibility index (Phi) is 3.30. The fraction of sp³-hybridized carbons (Fsp3) is 0.0909. The van der Waals surface area contributed by atoms with Crippen molar-refractivity contribution in [2.45, 2.75) is 6.61 Å². The molecule has 0 radical (unpaired) electrons. The minimum atomic E-state index is -1.16. The van der Waals surface area contributed by atoms with E-state index in [9.17, 15) is 4.79 Å². The van der Waals surface area contributed by atoms with E-state index in [1.165, 1.54) is 0 Å². The number of benzene rings is 1. The van der Waals surface area contributed by atoms with Crippen LogP contribution in [-0.2, 0) is 6.61 Å². The van der Waals surface area contributed by atoms with Crippen LogP contribution in [-0.4, -0.2) is 16.1 Å². The minimum Gasteiger partial charge on any atom is -0.484 e. The first-order valence-electron chi connectivity index (χ1n) is 4.71. The predicted octanol–water partition coefficient (Wildman–Crippen LogP) is 2.61. The van der Waals surface area contributed by atoms with Crippen LogP contribution < -0.4 is 4.74 Å². The minimum absolute atomic E-state index is 0.0644. The Morgan fingerprint density at radius 3 is 2.71 bits per heavy atom. The molecule has 6 heteroatoms. The highest BCUT2D eigenvalue weighted by Gasteiger charge is 2.10. The summed E-state index contributed by atoms with van der Waals surface area (Å²) in [6, 6.07) is 6.77. The average molecular weight is 254 g/mol. The molecule has 0 aliphatic carbocycles. The van der Waals surface area contributed by atoms with Crippen molar-refractivity contribution in [1.82, 2.24) is 4.98 Å². The van der Waals surface area contributed by atoms with E-state index >= 15 is 0 Å². The molecule has 0 aliphatic heterocycles. The number of halogens is 1. The van der Waals surface area contributed by atoms with E-state index in [0.29, 0.717) is 10.8 Å². The normalized spacial score (nSPS) is 10.2. The third-order valence-corrected chi connectivity index (χ3v) is 2.19. The van der Waals surface area contributed by atoms with Crippen molar-refractivity contribution < 1.29 is 19.1 Å². The van der Waals surface area contributed by atoms with E-state index in [0.717, 1.165) is 6.20 Å². The number of ether oxygens (including phenoxy) is 1. The van der Waals surface area contributed by atoms with Crippen LogP contribution in [0.15, 0.2) is 34.9 Å². The molecule has 0 saturated heterocycles. The predicted molar refractivity (Wildman–Crippen MR) is 59.2 cm³/mol. The van der Waals surface area contributed by atoms with Gasteiger partial charge in [0.05, 0.1) is 6.20 Å². The summed E-state index contributed by atoms with van der Waals surface area (Å²) in [6.45, 7) is 0.0644. The number of aromatic carboxylic acids is 1. The fourth-order valence-electron chi connectivity index (χ4n) is 1.15. The molecule has 0 bridgehead atoms. The van der Waals surface area contributed by atoms with Crippen LogP contribution in [0.25, 0.3) is 0 Å². The monoisotopic (exact) mass is 253 g/mol. The van der Waals surface area contributed by atoms with Crippen molar-refractivity contribution in [3.63, 3.8) is 0 Å². The fourth-order valence-corrected chi connectivity index (χ4v) is 1.28. The maximum atomic E-state index is 10.5. The van der Waals surface area contributed by atoms with Crippen LogP contribution in [0.1, 0.15) is 16.4 Å². The molecule has 2 rings (SSSR count). The first-order valence-corrected chi connectivity index (χ1v) is 5.09. The molecule has 0 spiro atoms. The maximum Gasteiger partial charge on any atom is 0.373 e. The number of hydrogen-bond acceptors (Lipinski definition) is 4. The molecule has 88 valence electrons. The zero-order valence-electron chi connectivity index (χ0n) is 8.59. The summed E-state index contributed by atoms with van der Waals surface area (Å²) >= 11 is 5.72. The number of hydrogen-bond donors (Lipinski definition) is 1. The van der Waals surface area contributed by atoms with Crippen molar-refractivity contribution in [3.8, 4) is 5.75 Å². The lowest BCUT2D eigenvalue weighted by Crippen LogP contribution is -1.95. The Hall–Kier alpha value is -2.01. The molecule has 0 fully saturated rings. The SMILES string of the molecule is O=C(O)c1cnc(COc2ccc(Cl)cc2)o1. The highest BCUT2D eigenvalue weighted by Crippen LogP contribution is 2.16. The third kappa shape index (κ3) is 2.98. The smallest absolute Gasteiger partial charge is 0.373 e. The first kappa shape index (κ1) is 11.5. The summed E-state index contributed by atoms with van der Waals surface area (Å²) < 4.78 is 10.3. The quantitative estimate of drug-likeness (QED) is 0.907. The Labute approximate surface area is 102 Å². The van der Waals surface area contributed by atoms with Gasteiger partial charge in [-0.25, -0.2) is 9.78 Å². The molecule has 0 saturated carbocycles. The summed E-state index contributed by atoms with van der Waals surface area (Å²) in [5.41, 5.74) is 0. The van der Waals surface area contributed by atoms with Crippen LogP contribution in [0.4, 0.5) is 0 Å². The highest BCUT2D eigenvalue weighted by atomic mass is 35.5. The van der Waals surface area contributed by atoms with Crippen LogP contribution in [0, 0.1) is 0 Å². The molecule has 0 atom stereocenters. The van der Waals surface area contributed by atoms with E-state index in [1.54, 1.807) is 24.3 Å². The largest absolute Gasteiger partial charge is 0.484 e. The van der Waals surface area contributed by atoms with Gasteiger partial charge in [-0.3, -0.25) is 0 Å². The molecule has 0 unspecified atom stereocenters. The Bertz CT molecular complexity index is 521. The standard InChI is InChI=1S/C11H8ClNO4/c12-7-1-3-8(4-2-7)16-6-10-13-5-9(17-10)11(14)15/h1-5H,6H2,(H,14,15). The van der Waals surface area contributed by atoms with Gasteiger partial charge < -0.3 is 14.3 Å². The van der Waals surface area contributed by atoms with Crippen molar-refractivity contribution in [2.24, 2.45) is 0 Å². The van der Waals surface area contributed by atoms with Gasteiger partial charge in [0, 0.05) is 5.02 Å². The lowest BCUT2D eigenvalue weighted by Gasteiger charge is -2.02. The van der Waals surface area contributed by atoms with E-state index in [1.807, 2.05) is 0 Å². The second-order valence-electron chi connectivity index (χ2n) is 3.17. The molecule has 1 aromatic carbocycles. The number of carboxylic acids is 1. The summed E-state index contributed by atoms with van der Waals surface area (Å²) in [6.07, 6.45) is 1.14. The van der Waals surface area contributed by atoms with E-state index in [-0.39, 0.29) is 18.3 Å². The van der Waals surface area contributed by atoms with Gasteiger partial charge in [-0.2, -0.15) is 0 Å². The molecule has 5 nitrogen and oxygen atoms in total. The van der Waals surface area contributed by atoms with E-state index in [2.05, 4.69) is 4.98 Å². The number of aromatic nitrogens is 1. The lowest BCUT2D eigenvalue weighted by molar-refractivity contribution is 0.0658. The Morgan fingerprint density at radius 2 is 2.12 bits per heavy atom. The van der Waals surface area contributed by atoms with Crippen LogP contribution >= 0.6 is 11.6 Å². The van der Waals surface area contributed by atoms with Crippen molar-refractivity contribution in [1.29, 1.82) is 0 Å². The maximum absolute atomic E-state index is 10.5. The van der Waals surface area contributed by atoms with Gasteiger partial charge in [-0.15, -0.1) is 0 Å².